The smallest absolute Gasteiger partial charge is 0.475 e. The summed E-state index contributed by atoms with van der Waals surface area (Å²) in [6.07, 6.45) is -0.177. The van der Waals surface area contributed by atoms with Crippen molar-refractivity contribution in [2.24, 2.45) is 0 Å². The van der Waals surface area contributed by atoms with Crippen LogP contribution < -0.4 is 5.32 Å². The Morgan fingerprint density at radius 2 is 1.76 bits per heavy atom. The van der Waals surface area contributed by atoms with Gasteiger partial charge in [0.1, 0.15) is 11.3 Å². The maximum absolute atomic E-state index is 12.2. The van der Waals surface area contributed by atoms with Gasteiger partial charge >= 0.3 is 13.1 Å². The van der Waals surface area contributed by atoms with Gasteiger partial charge < -0.3 is 25.6 Å². The first-order valence-electron chi connectivity index (χ1n) is 7.26. The largest absolute Gasteiger partial charge is 0.507 e. The summed E-state index contributed by atoms with van der Waals surface area (Å²) in [5, 5.41) is 40.9. The fraction of sp³-hybridized carbons (Fsp3) is 0.125. The topological polar surface area (TPSA) is 127 Å². The molecule has 0 bridgehead atoms. The van der Waals surface area contributed by atoms with E-state index in [0.29, 0.717) is 5.02 Å². The number of hydrogen-bond acceptors (Lipinski definition) is 5. The summed E-state index contributed by atoms with van der Waals surface area (Å²) in [6, 6.07) is 10.1. The first-order chi connectivity index (χ1) is 11.8. The molecule has 0 radical (unpaired) electrons. The van der Waals surface area contributed by atoms with Gasteiger partial charge in [-0.05, 0) is 42.3 Å². The van der Waals surface area contributed by atoms with Crippen LogP contribution in [0.3, 0.4) is 0 Å². The van der Waals surface area contributed by atoms with Crippen molar-refractivity contribution in [3.05, 3.63) is 64.2 Å². The second-order valence-corrected chi connectivity index (χ2v) is 5.76. The van der Waals surface area contributed by atoms with E-state index >= 15 is 0 Å². The van der Waals surface area contributed by atoms with Crippen LogP contribution in [0.1, 0.15) is 26.3 Å². The van der Waals surface area contributed by atoms with Crippen molar-refractivity contribution in [1.82, 2.24) is 5.32 Å². The molecule has 1 atom stereocenters. The number of para-hydroxylation sites is 1. The zero-order valence-electron chi connectivity index (χ0n) is 12.9. The lowest BCUT2D eigenvalue weighted by Crippen LogP contribution is -2.47. The Labute approximate surface area is 148 Å². The van der Waals surface area contributed by atoms with Gasteiger partial charge in [0.2, 0.25) is 0 Å². The minimum absolute atomic E-state index is 0.161. The number of aromatic hydroxyl groups is 1. The number of rotatable bonds is 6. The Morgan fingerprint density at radius 1 is 1.12 bits per heavy atom. The van der Waals surface area contributed by atoms with E-state index in [1.165, 1.54) is 42.5 Å². The van der Waals surface area contributed by atoms with E-state index in [-0.39, 0.29) is 23.1 Å². The summed E-state index contributed by atoms with van der Waals surface area (Å²) < 4.78 is 0. The van der Waals surface area contributed by atoms with Crippen molar-refractivity contribution >= 4 is 30.6 Å². The van der Waals surface area contributed by atoms with Crippen molar-refractivity contribution < 1.29 is 29.9 Å². The maximum atomic E-state index is 12.2. The number of carboxylic acids is 1. The van der Waals surface area contributed by atoms with Crippen LogP contribution in [0.15, 0.2) is 42.5 Å². The molecule has 2 rings (SSSR count). The molecule has 0 heterocycles. The van der Waals surface area contributed by atoms with E-state index < -0.39 is 30.7 Å². The van der Waals surface area contributed by atoms with Crippen LogP contribution in [-0.4, -0.2) is 45.2 Å². The van der Waals surface area contributed by atoms with Crippen molar-refractivity contribution in [1.29, 1.82) is 0 Å². The number of benzene rings is 2. The van der Waals surface area contributed by atoms with Crippen LogP contribution in [0.5, 0.6) is 5.75 Å². The molecule has 2 aromatic rings. The number of halogens is 1. The molecule has 130 valence electrons. The van der Waals surface area contributed by atoms with Gasteiger partial charge in [0, 0.05) is 10.6 Å². The van der Waals surface area contributed by atoms with Crippen LogP contribution >= 0.6 is 11.6 Å². The Balaban J connectivity index is 2.19. The Morgan fingerprint density at radius 3 is 2.32 bits per heavy atom. The molecule has 1 amide bonds. The third-order valence-corrected chi connectivity index (χ3v) is 3.82. The molecule has 0 aliphatic carbocycles. The van der Waals surface area contributed by atoms with Crippen molar-refractivity contribution in [3.8, 4) is 5.75 Å². The van der Waals surface area contributed by atoms with Crippen LogP contribution in [0.4, 0.5) is 0 Å². The average molecular weight is 364 g/mol. The Bertz CT molecular complexity index is 781. The van der Waals surface area contributed by atoms with Crippen LogP contribution in [0, 0.1) is 0 Å². The van der Waals surface area contributed by atoms with Crippen LogP contribution in [0.2, 0.25) is 5.02 Å². The van der Waals surface area contributed by atoms with Gasteiger partial charge in [-0.25, -0.2) is 4.79 Å². The highest BCUT2D eigenvalue weighted by Gasteiger charge is 2.27. The van der Waals surface area contributed by atoms with Gasteiger partial charge in [-0.2, -0.15) is 0 Å². The van der Waals surface area contributed by atoms with Crippen molar-refractivity contribution in [3.63, 3.8) is 0 Å². The fourth-order valence-electron chi connectivity index (χ4n) is 2.25. The van der Waals surface area contributed by atoms with E-state index in [0.717, 1.165) is 0 Å². The van der Waals surface area contributed by atoms with Crippen LogP contribution in [-0.2, 0) is 6.42 Å². The number of amides is 1. The van der Waals surface area contributed by atoms with E-state index in [9.17, 15) is 24.7 Å². The lowest BCUT2D eigenvalue weighted by atomic mass is 9.75. The molecule has 0 aliphatic heterocycles. The molecule has 7 nitrogen and oxygen atoms in total. The van der Waals surface area contributed by atoms with E-state index in [1.54, 1.807) is 0 Å². The molecule has 5 N–H and O–H groups in total. The molecule has 0 aromatic heterocycles. The number of carboxylic acid groups (broad SMARTS) is 1. The molecule has 2 aromatic carbocycles. The number of aromatic carboxylic acids is 1. The second kappa shape index (κ2) is 8.02. The number of carbonyl (C=O) groups excluding carboxylic acids is 1. The second-order valence-electron chi connectivity index (χ2n) is 5.32. The summed E-state index contributed by atoms with van der Waals surface area (Å²) in [6.45, 7) is 0. The molecule has 0 saturated heterocycles. The zero-order valence-corrected chi connectivity index (χ0v) is 13.6. The summed E-state index contributed by atoms with van der Waals surface area (Å²) in [7, 11) is -1.91. The summed E-state index contributed by atoms with van der Waals surface area (Å²) >= 11 is 5.75. The van der Waals surface area contributed by atoms with E-state index in [1.807, 2.05) is 0 Å². The lowest BCUT2D eigenvalue weighted by Gasteiger charge is -2.19. The van der Waals surface area contributed by atoms with Gasteiger partial charge in [0.05, 0.1) is 5.94 Å². The molecular formula is C16H15BClNO6. The predicted octanol–water partition coefficient (Wildman–Crippen LogP) is 1.10. The SMILES string of the molecule is O=C(N[C@@H](Cc1cccc(C(=O)O)c1O)B(O)O)c1ccc(Cl)cc1. The van der Waals surface area contributed by atoms with E-state index in [4.69, 9.17) is 16.7 Å². The highest BCUT2D eigenvalue weighted by Crippen LogP contribution is 2.24. The third-order valence-electron chi connectivity index (χ3n) is 3.57. The standard InChI is InChI=1S/C16H15BClNO6/c18-11-6-4-9(5-7-11)15(21)19-13(17(24)25)8-10-2-1-3-12(14(10)20)16(22)23/h1-7,13,20,24-25H,8H2,(H,19,21)(H,22,23)/t13-/m0/s1. The molecule has 0 fully saturated rings. The number of nitrogens with one attached hydrogen (secondary N) is 1. The molecule has 0 unspecified atom stereocenters. The summed E-state index contributed by atoms with van der Waals surface area (Å²) in [4.78, 5) is 23.2. The first-order valence-corrected chi connectivity index (χ1v) is 7.64. The number of hydrogen-bond donors (Lipinski definition) is 5. The molecule has 0 spiro atoms. The molecule has 9 heteroatoms. The highest BCUT2D eigenvalue weighted by molar-refractivity contribution is 6.43. The lowest BCUT2D eigenvalue weighted by molar-refractivity contribution is 0.0693. The van der Waals surface area contributed by atoms with Gasteiger partial charge in [-0.15, -0.1) is 0 Å². The quantitative estimate of drug-likeness (QED) is 0.489. The Hall–Kier alpha value is -2.55. The van der Waals surface area contributed by atoms with Crippen molar-refractivity contribution in [2.45, 2.75) is 12.4 Å². The molecule has 0 saturated carbocycles. The normalized spacial score (nSPS) is 11.6. The molecular weight excluding hydrogens is 348 g/mol. The minimum atomic E-state index is -1.91. The minimum Gasteiger partial charge on any atom is -0.507 e. The first kappa shape index (κ1) is 18.8. The monoisotopic (exact) mass is 363 g/mol. The van der Waals surface area contributed by atoms with Gasteiger partial charge in [-0.3, -0.25) is 4.79 Å². The maximum Gasteiger partial charge on any atom is 0.475 e. The third kappa shape index (κ3) is 4.73. The molecule has 25 heavy (non-hydrogen) atoms. The molecule has 0 aliphatic rings. The average Bonchev–Trinajstić information content (AvgIpc) is 2.56. The fourth-order valence-corrected chi connectivity index (χ4v) is 2.38. The van der Waals surface area contributed by atoms with Crippen molar-refractivity contribution in [2.75, 3.05) is 0 Å². The number of carbonyl (C=O) groups is 2. The Kier molecular flexibility index (Phi) is 6.03. The zero-order chi connectivity index (χ0) is 18.6. The van der Waals surface area contributed by atoms with Gasteiger partial charge in [0.15, 0.2) is 0 Å². The number of phenols is 1. The highest BCUT2D eigenvalue weighted by atomic mass is 35.5. The van der Waals surface area contributed by atoms with Gasteiger partial charge in [-0.1, -0.05) is 23.7 Å². The van der Waals surface area contributed by atoms with Gasteiger partial charge in [0.25, 0.3) is 5.91 Å². The summed E-state index contributed by atoms with van der Waals surface area (Å²) in [5.74, 6) is -3.52. The van der Waals surface area contributed by atoms with Crippen LogP contribution in [0.25, 0.3) is 0 Å². The van der Waals surface area contributed by atoms with E-state index in [2.05, 4.69) is 5.32 Å². The predicted molar refractivity (Wildman–Crippen MR) is 91.7 cm³/mol. The summed E-state index contributed by atoms with van der Waals surface area (Å²) in [5.41, 5.74) is 0.112.